The van der Waals surface area contributed by atoms with Crippen LogP contribution in [0.4, 0.5) is 10.1 Å². The maximum absolute atomic E-state index is 13.1. The molecule has 1 aliphatic carbocycles. The molecule has 3 N–H and O–H groups in total. The summed E-state index contributed by atoms with van der Waals surface area (Å²) in [6.45, 7) is -0.431. The van der Waals surface area contributed by atoms with E-state index < -0.39 is 29.8 Å². The fraction of sp³-hybridized carbons (Fsp3) is 0.250. The minimum absolute atomic E-state index is 0.325. The van der Waals surface area contributed by atoms with Crippen molar-refractivity contribution in [3.63, 3.8) is 0 Å². The summed E-state index contributed by atoms with van der Waals surface area (Å²) in [4.78, 5) is 35.6. The maximum atomic E-state index is 13.1. The van der Waals surface area contributed by atoms with E-state index in [1.807, 2.05) is 0 Å². The summed E-state index contributed by atoms with van der Waals surface area (Å²) in [6.07, 6.45) is 2.08. The number of anilines is 1. The van der Waals surface area contributed by atoms with Crippen LogP contribution in [0.3, 0.4) is 0 Å². The minimum atomic E-state index is -0.808. The molecule has 2 aromatic carbocycles. The molecule has 0 bridgehead atoms. The van der Waals surface area contributed by atoms with Crippen molar-refractivity contribution < 1.29 is 23.5 Å². The van der Waals surface area contributed by atoms with Crippen LogP contribution in [0.25, 0.3) is 0 Å². The monoisotopic (exact) mass is 370 g/mol. The van der Waals surface area contributed by atoms with E-state index in [1.165, 1.54) is 36.4 Å². The fourth-order valence-electron chi connectivity index (χ4n) is 3.09. The normalized spacial score (nSPS) is 14.7. The number of amides is 2. The minimum Gasteiger partial charge on any atom is -0.455 e. The van der Waals surface area contributed by atoms with E-state index in [0.29, 0.717) is 29.7 Å². The quantitative estimate of drug-likeness (QED) is 0.764. The SMILES string of the molecule is NC(=O)c1ccc(NC(=O)COC(=O)C2(c3ccc(F)cc3)CCC2)cc1. The molecule has 0 aromatic heterocycles. The second kappa shape index (κ2) is 7.57. The summed E-state index contributed by atoms with van der Waals surface area (Å²) in [5.74, 6) is -1.92. The number of carbonyl (C=O) groups is 3. The van der Waals surface area contributed by atoms with Gasteiger partial charge in [-0.25, -0.2) is 4.39 Å². The molecule has 2 amide bonds. The van der Waals surface area contributed by atoms with Gasteiger partial charge in [-0.3, -0.25) is 14.4 Å². The topological polar surface area (TPSA) is 98.5 Å². The van der Waals surface area contributed by atoms with Crippen LogP contribution in [-0.2, 0) is 19.7 Å². The third-order valence-electron chi connectivity index (χ3n) is 4.78. The van der Waals surface area contributed by atoms with Crippen LogP contribution in [0.2, 0.25) is 0 Å². The zero-order valence-corrected chi connectivity index (χ0v) is 14.5. The Morgan fingerprint density at radius 3 is 2.19 bits per heavy atom. The first-order chi connectivity index (χ1) is 12.9. The maximum Gasteiger partial charge on any atom is 0.317 e. The average molecular weight is 370 g/mol. The predicted octanol–water partition coefficient (Wildman–Crippen LogP) is 2.53. The molecule has 1 saturated carbocycles. The Kier molecular flexibility index (Phi) is 5.21. The summed E-state index contributed by atoms with van der Waals surface area (Å²) in [5.41, 5.74) is 5.83. The van der Waals surface area contributed by atoms with Gasteiger partial charge in [0.05, 0.1) is 5.41 Å². The highest BCUT2D eigenvalue weighted by Crippen LogP contribution is 2.44. The summed E-state index contributed by atoms with van der Waals surface area (Å²) < 4.78 is 18.3. The molecule has 0 aliphatic heterocycles. The van der Waals surface area contributed by atoms with Gasteiger partial charge < -0.3 is 15.8 Å². The third-order valence-corrected chi connectivity index (χ3v) is 4.78. The number of carbonyl (C=O) groups excluding carboxylic acids is 3. The molecule has 3 rings (SSSR count). The predicted molar refractivity (Wildman–Crippen MR) is 96.5 cm³/mol. The van der Waals surface area contributed by atoms with E-state index in [0.717, 1.165) is 6.42 Å². The highest BCUT2D eigenvalue weighted by atomic mass is 19.1. The van der Waals surface area contributed by atoms with Gasteiger partial charge in [-0.2, -0.15) is 0 Å². The number of ether oxygens (including phenoxy) is 1. The Morgan fingerprint density at radius 1 is 1.04 bits per heavy atom. The number of benzene rings is 2. The number of halogens is 1. The molecule has 27 heavy (non-hydrogen) atoms. The molecule has 2 aromatic rings. The Bertz CT molecular complexity index is 859. The van der Waals surface area contributed by atoms with Gasteiger partial charge in [0, 0.05) is 11.3 Å². The number of nitrogens with one attached hydrogen (secondary N) is 1. The van der Waals surface area contributed by atoms with Crippen LogP contribution in [-0.4, -0.2) is 24.4 Å². The molecule has 1 fully saturated rings. The lowest BCUT2D eigenvalue weighted by molar-refractivity contribution is -0.156. The third kappa shape index (κ3) is 3.97. The Labute approximate surface area is 155 Å². The molecule has 6 nitrogen and oxygen atoms in total. The Morgan fingerprint density at radius 2 is 1.67 bits per heavy atom. The van der Waals surface area contributed by atoms with Gasteiger partial charge in [-0.05, 0) is 54.8 Å². The summed E-state index contributed by atoms with van der Waals surface area (Å²) in [7, 11) is 0. The highest BCUT2D eigenvalue weighted by molar-refractivity contribution is 5.96. The van der Waals surface area contributed by atoms with Crippen molar-refractivity contribution in [2.45, 2.75) is 24.7 Å². The molecule has 0 heterocycles. The molecular weight excluding hydrogens is 351 g/mol. The number of esters is 1. The first-order valence-corrected chi connectivity index (χ1v) is 8.54. The largest absolute Gasteiger partial charge is 0.455 e. The first-order valence-electron chi connectivity index (χ1n) is 8.54. The van der Waals surface area contributed by atoms with E-state index in [1.54, 1.807) is 12.1 Å². The van der Waals surface area contributed by atoms with Crippen LogP contribution in [0, 0.1) is 5.82 Å². The molecule has 0 spiro atoms. The van der Waals surface area contributed by atoms with Gasteiger partial charge in [-0.15, -0.1) is 0 Å². The fourth-order valence-corrected chi connectivity index (χ4v) is 3.09. The number of nitrogens with two attached hydrogens (primary N) is 1. The van der Waals surface area contributed by atoms with Gasteiger partial charge in [0.15, 0.2) is 6.61 Å². The first kappa shape index (κ1) is 18.6. The van der Waals surface area contributed by atoms with Gasteiger partial charge >= 0.3 is 5.97 Å². The summed E-state index contributed by atoms with van der Waals surface area (Å²) >= 11 is 0. The van der Waals surface area contributed by atoms with Gasteiger partial charge in [0.25, 0.3) is 5.91 Å². The lowest BCUT2D eigenvalue weighted by Crippen LogP contribution is -2.44. The van der Waals surface area contributed by atoms with Crippen molar-refractivity contribution in [3.8, 4) is 0 Å². The van der Waals surface area contributed by atoms with E-state index in [4.69, 9.17) is 10.5 Å². The van der Waals surface area contributed by atoms with Crippen LogP contribution >= 0.6 is 0 Å². The van der Waals surface area contributed by atoms with Crippen molar-refractivity contribution in [3.05, 3.63) is 65.5 Å². The number of hydrogen-bond donors (Lipinski definition) is 2. The van der Waals surface area contributed by atoms with Crippen molar-refractivity contribution in [2.24, 2.45) is 5.73 Å². The number of rotatable bonds is 6. The smallest absolute Gasteiger partial charge is 0.317 e. The van der Waals surface area contributed by atoms with E-state index >= 15 is 0 Å². The van der Waals surface area contributed by atoms with E-state index in [-0.39, 0.29) is 5.82 Å². The Balaban J connectivity index is 1.58. The standard InChI is InChI=1S/C20H19FN2O4/c21-15-6-4-14(5-7-15)20(10-1-11-20)19(26)27-12-17(24)23-16-8-2-13(3-9-16)18(22)25/h2-9H,1,10-12H2,(H2,22,25)(H,23,24). The summed E-state index contributed by atoms with van der Waals surface area (Å²) in [6, 6.07) is 11.8. The van der Waals surface area contributed by atoms with Crippen molar-refractivity contribution >= 4 is 23.5 Å². The van der Waals surface area contributed by atoms with Gasteiger partial charge in [-0.1, -0.05) is 18.6 Å². The van der Waals surface area contributed by atoms with Crippen molar-refractivity contribution in [1.29, 1.82) is 0 Å². The average Bonchev–Trinajstić information content (AvgIpc) is 2.61. The highest BCUT2D eigenvalue weighted by Gasteiger charge is 2.47. The lowest BCUT2D eigenvalue weighted by atomic mass is 9.64. The van der Waals surface area contributed by atoms with Crippen LogP contribution in [0.15, 0.2) is 48.5 Å². The van der Waals surface area contributed by atoms with Crippen LogP contribution < -0.4 is 11.1 Å². The Hall–Kier alpha value is -3.22. The van der Waals surface area contributed by atoms with Gasteiger partial charge in [0.1, 0.15) is 5.82 Å². The van der Waals surface area contributed by atoms with Crippen LogP contribution in [0.1, 0.15) is 35.2 Å². The molecule has 1 aliphatic rings. The number of hydrogen-bond acceptors (Lipinski definition) is 4. The molecule has 0 saturated heterocycles. The number of primary amides is 1. The zero-order valence-electron chi connectivity index (χ0n) is 14.5. The molecular formula is C20H19FN2O4. The molecule has 0 atom stereocenters. The van der Waals surface area contributed by atoms with Crippen molar-refractivity contribution in [1.82, 2.24) is 0 Å². The molecule has 0 radical (unpaired) electrons. The van der Waals surface area contributed by atoms with E-state index in [2.05, 4.69) is 5.32 Å². The second-order valence-corrected chi connectivity index (χ2v) is 6.51. The van der Waals surface area contributed by atoms with Crippen molar-refractivity contribution in [2.75, 3.05) is 11.9 Å². The lowest BCUT2D eigenvalue weighted by Gasteiger charge is -2.39. The molecule has 7 heteroatoms. The molecule has 0 unspecified atom stereocenters. The second-order valence-electron chi connectivity index (χ2n) is 6.51. The molecule has 140 valence electrons. The zero-order chi connectivity index (χ0) is 19.4. The van der Waals surface area contributed by atoms with Gasteiger partial charge in [0.2, 0.25) is 5.91 Å². The van der Waals surface area contributed by atoms with Crippen LogP contribution in [0.5, 0.6) is 0 Å². The van der Waals surface area contributed by atoms with E-state index in [9.17, 15) is 18.8 Å². The summed E-state index contributed by atoms with van der Waals surface area (Å²) in [5, 5.41) is 2.58.